The Hall–Kier alpha value is -0.170. The Bertz CT molecular complexity index is 399. The van der Waals surface area contributed by atoms with Crippen LogP contribution in [-0.4, -0.2) is 58.3 Å². The lowest BCUT2D eigenvalue weighted by Gasteiger charge is -2.47. The largest absolute Gasteiger partial charge is 0.317 e. The van der Waals surface area contributed by atoms with Gasteiger partial charge in [-0.15, -0.1) is 0 Å². The summed E-state index contributed by atoms with van der Waals surface area (Å²) in [4.78, 5) is 2.17. The van der Waals surface area contributed by atoms with Crippen LogP contribution in [0.3, 0.4) is 0 Å². The van der Waals surface area contributed by atoms with Gasteiger partial charge in [-0.1, -0.05) is 0 Å². The third-order valence-corrected chi connectivity index (χ3v) is 6.46. The summed E-state index contributed by atoms with van der Waals surface area (Å²) in [6, 6.07) is 0. The van der Waals surface area contributed by atoms with Gasteiger partial charge in [0.1, 0.15) is 0 Å². The van der Waals surface area contributed by atoms with Crippen LogP contribution in [0.4, 0.5) is 0 Å². The molecule has 1 heterocycles. The van der Waals surface area contributed by atoms with E-state index >= 15 is 0 Å². The Balaban J connectivity index is 1.75. The molecule has 0 aromatic heterocycles. The summed E-state index contributed by atoms with van der Waals surface area (Å²) in [5, 5.41) is 3.31. The summed E-state index contributed by atoms with van der Waals surface area (Å²) < 4.78 is 27.1. The molecular weight excluding hydrogens is 274 g/mol. The Morgan fingerprint density at radius 3 is 2.40 bits per heavy atom. The van der Waals surface area contributed by atoms with Gasteiger partial charge in [-0.2, -0.15) is 0 Å². The number of hydrogen-bond donors (Lipinski definition) is 2. The molecule has 1 aliphatic heterocycles. The zero-order valence-corrected chi connectivity index (χ0v) is 13.6. The predicted octanol–water partition coefficient (Wildman–Crippen LogP) is 0.780. The lowest BCUT2D eigenvalue weighted by molar-refractivity contribution is 0.0656. The van der Waals surface area contributed by atoms with Gasteiger partial charge in [-0.25, -0.2) is 13.1 Å². The van der Waals surface area contributed by atoms with Gasteiger partial charge in [-0.3, -0.25) is 0 Å². The van der Waals surface area contributed by atoms with Crippen LogP contribution in [0.5, 0.6) is 0 Å². The fourth-order valence-electron chi connectivity index (χ4n) is 3.18. The molecule has 2 fully saturated rings. The van der Waals surface area contributed by atoms with Gasteiger partial charge in [0.05, 0.1) is 5.75 Å². The highest BCUT2D eigenvalue weighted by molar-refractivity contribution is 7.89. The Morgan fingerprint density at radius 1 is 1.25 bits per heavy atom. The van der Waals surface area contributed by atoms with Crippen molar-refractivity contribution in [2.45, 2.75) is 44.1 Å². The van der Waals surface area contributed by atoms with Crippen LogP contribution in [0.15, 0.2) is 0 Å². The normalized spacial score (nSPS) is 23.8. The second-order valence-corrected chi connectivity index (χ2v) is 8.52. The Kier molecular flexibility index (Phi) is 5.45. The van der Waals surface area contributed by atoms with E-state index in [2.05, 4.69) is 14.9 Å². The van der Waals surface area contributed by atoms with Crippen molar-refractivity contribution in [3.63, 3.8) is 0 Å². The number of rotatable bonds is 7. The summed E-state index contributed by atoms with van der Waals surface area (Å²) in [6.45, 7) is 2.62. The summed E-state index contributed by atoms with van der Waals surface area (Å²) >= 11 is 0. The minimum atomic E-state index is -3.12. The molecule has 1 saturated heterocycles. The molecular formula is C14H29N3O2S. The van der Waals surface area contributed by atoms with Gasteiger partial charge >= 0.3 is 0 Å². The zero-order chi connectivity index (χ0) is 14.6. The molecule has 2 rings (SSSR count). The molecule has 1 saturated carbocycles. The topological polar surface area (TPSA) is 61.4 Å². The van der Waals surface area contributed by atoms with E-state index in [4.69, 9.17) is 0 Å². The van der Waals surface area contributed by atoms with E-state index in [0.717, 1.165) is 45.2 Å². The number of hydrogen-bond acceptors (Lipinski definition) is 4. The lowest BCUT2D eigenvalue weighted by atomic mass is 9.76. The van der Waals surface area contributed by atoms with Crippen molar-refractivity contribution in [3.8, 4) is 0 Å². The Morgan fingerprint density at radius 2 is 1.90 bits per heavy atom. The van der Waals surface area contributed by atoms with Gasteiger partial charge in [-0.05, 0) is 71.6 Å². The Labute approximate surface area is 123 Å². The zero-order valence-electron chi connectivity index (χ0n) is 12.8. The van der Waals surface area contributed by atoms with Crippen LogP contribution in [0.1, 0.15) is 38.5 Å². The van der Waals surface area contributed by atoms with Gasteiger partial charge in [0.2, 0.25) is 10.0 Å². The minimum Gasteiger partial charge on any atom is -0.317 e. The maximum absolute atomic E-state index is 12.1. The van der Waals surface area contributed by atoms with Crippen molar-refractivity contribution in [1.82, 2.24) is 14.9 Å². The summed E-state index contributed by atoms with van der Waals surface area (Å²) in [5.41, 5.74) is 0.0574. The van der Waals surface area contributed by atoms with Crippen molar-refractivity contribution in [2.75, 3.05) is 39.5 Å². The lowest BCUT2D eigenvalue weighted by Crippen LogP contribution is -2.57. The molecule has 0 spiro atoms. The first-order chi connectivity index (χ1) is 9.44. The van der Waals surface area contributed by atoms with Gasteiger partial charge < -0.3 is 10.2 Å². The van der Waals surface area contributed by atoms with Crippen LogP contribution in [0, 0.1) is 5.92 Å². The smallest absolute Gasteiger partial charge is 0.211 e. The molecule has 20 heavy (non-hydrogen) atoms. The standard InChI is InChI=1S/C14H29N3O2S/c1-17(2)14(7-3-8-14)12-16-20(18,19)11-6-13-4-9-15-10-5-13/h13,15-16H,3-12H2,1-2H3. The van der Waals surface area contributed by atoms with Crippen molar-refractivity contribution >= 4 is 10.0 Å². The molecule has 118 valence electrons. The highest BCUT2D eigenvalue weighted by atomic mass is 32.2. The number of piperidine rings is 1. The molecule has 6 heteroatoms. The highest BCUT2D eigenvalue weighted by Gasteiger charge is 2.39. The van der Waals surface area contributed by atoms with E-state index in [1.807, 2.05) is 14.1 Å². The van der Waals surface area contributed by atoms with Crippen molar-refractivity contribution < 1.29 is 8.42 Å². The first-order valence-electron chi connectivity index (χ1n) is 7.79. The van der Waals surface area contributed by atoms with E-state index in [-0.39, 0.29) is 11.3 Å². The number of likely N-dealkylation sites (N-methyl/N-ethyl adjacent to an activating group) is 1. The van der Waals surface area contributed by atoms with Crippen molar-refractivity contribution in [1.29, 1.82) is 0 Å². The van der Waals surface area contributed by atoms with E-state index in [1.54, 1.807) is 0 Å². The molecule has 2 N–H and O–H groups in total. The predicted molar refractivity (Wildman–Crippen MR) is 82.3 cm³/mol. The van der Waals surface area contributed by atoms with E-state index in [0.29, 0.717) is 12.5 Å². The summed E-state index contributed by atoms with van der Waals surface area (Å²) in [6.07, 6.45) is 6.41. The summed E-state index contributed by atoms with van der Waals surface area (Å²) in [5.74, 6) is 0.848. The average molecular weight is 303 g/mol. The van der Waals surface area contributed by atoms with Crippen molar-refractivity contribution in [3.05, 3.63) is 0 Å². The second-order valence-electron chi connectivity index (χ2n) is 6.59. The fraction of sp³-hybridized carbons (Fsp3) is 1.00. The first-order valence-corrected chi connectivity index (χ1v) is 9.44. The molecule has 0 amide bonds. The minimum absolute atomic E-state index is 0.0574. The molecule has 0 aromatic rings. The molecule has 5 nitrogen and oxygen atoms in total. The second kappa shape index (κ2) is 6.73. The van der Waals surface area contributed by atoms with E-state index in [9.17, 15) is 8.42 Å². The van der Waals surface area contributed by atoms with E-state index < -0.39 is 10.0 Å². The third kappa shape index (κ3) is 4.16. The first kappa shape index (κ1) is 16.2. The molecule has 1 aliphatic carbocycles. The summed E-state index contributed by atoms with van der Waals surface area (Å²) in [7, 11) is 0.967. The van der Waals surface area contributed by atoms with Gasteiger partial charge in [0, 0.05) is 12.1 Å². The molecule has 0 atom stereocenters. The quantitative estimate of drug-likeness (QED) is 0.730. The van der Waals surface area contributed by atoms with Crippen LogP contribution >= 0.6 is 0 Å². The monoisotopic (exact) mass is 303 g/mol. The van der Waals surface area contributed by atoms with Crippen LogP contribution in [0.25, 0.3) is 0 Å². The molecule has 0 bridgehead atoms. The number of nitrogens with one attached hydrogen (secondary N) is 2. The number of sulfonamides is 1. The molecule has 2 aliphatic rings. The van der Waals surface area contributed by atoms with Crippen molar-refractivity contribution in [2.24, 2.45) is 5.92 Å². The number of nitrogens with zero attached hydrogens (tertiary/aromatic N) is 1. The highest BCUT2D eigenvalue weighted by Crippen LogP contribution is 2.35. The van der Waals surface area contributed by atoms with Gasteiger partial charge in [0.25, 0.3) is 0 Å². The maximum Gasteiger partial charge on any atom is 0.211 e. The molecule has 0 aromatic carbocycles. The van der Waals surface area contributed by atoms with Gasteiger partial charge in [0.15, 0.2) is 0 Å². The molecule has 0 unspecified atom stereocenters. The average Bonchev–Trinajstić information content (AvgIpc) is 2.36. The fourth-order valence-corrected chi connectivity index (χ4v) is 4.45. The molecule has 0 radical (unpaired) electrons. The maximum atomic E-state index is 12.1. The van der Waals surface area contributed by atoms with Crippen LogP contribution in [0.2, 0.25) is 0 Å². The third-order valence-electron chi connectivity index (χ3n) is 5.11. The van der Waals surface area contributed by atoms with Crippen LogP contribution < -0.4 is 10.0 Å². The van der Waals surface area contributed by atoms with E-state index in [1.165, 1.54) is 6.42 Å². The SMILES string of the molecule is CN(C)C1(CNS(=O)(=O)CCC2CCNCC2)CCC1. The van der Waals surface area contributed by atoms with Crippen LogP contribution in [-0.2, 0) is 10.0 Å².